The molecule has 0 spiro atoms. The maximum atomic E-state index is 11.6. The van der Waals surface area contributed by atoms with Gasteiger partial charge in [0.05, 0.1) is 11.7 Å². The standard InChI is InChI=1S/C11H20N4O/c1-4-5-10(12)11(16)13-6-9-7-15(3)14-8(9)2/h7,10H,4-6,12H2,1-3H3,(H,13,16). The first-order valence-electron chi connectivity index (χ1n) is 5.57. The summed E-state index contributed by atoms with van der Waals surface area (Å²) in [5.41, 5.74) is 7.67. The van der Waals surface area contributed by atoms with Crippen LogP contribution in [-0.4, -0.2) is 21.7 Å². The molecule has 5 heteroatoms. The SMILES string of the molecule is CCCC(N)C(=O)NCc1cn(C)nc1C. The molecular weight excluding hydrogens is 204 g/mol. The summed E-state index contributed by atoms with van der Waals surface area (Å²) < 4.78 is 1.74. The lowest BCUT2D eigenvalue weighted by atomic mass is 10.1. The molecule has 1 aromatic heterocycles. The zero-order chi connectivity index (χ0) is 12.1. The molecule has 0 radical (unpaired) electrons. The summed E-state index contributed by atoms with van der Waals surface area (Å²) in [4.78, 5) is 11.6. The van der Waals surface area contributed by atoms with Crippen molar-refractivity contribution in [3.05, 3.63) is 17.5 Å². The van der Waals surface area contributed by atoms with E-state index in [1.807, 2.05) is 27.1 Å². The molecule has 0 bridgehead atoms. The maximum absolute atomic E-state index is 11.6. The highest BCUT2D eigenvalue weighted by atomic mass is 16.2. The molecule has 16 heavy (non-hydrogen) atoms. The van der Waals surface area contributed by atoms with Gasteiger partial charge < -0.3 is 11.1 Å². The molecule has 0 fully saturated rings. The topological polar surface area (TPSA) is 72.9 Å². The summed E-state index contributed by atoms with van der Waals surface area (Å²) >= 11 is 0. The number of carbonyl (C=O) groups is 1. The van der Waals surface area contributed by atoms with Gasteiger partial charge in [-0.2, -0.15) is 5.10 Å². The van der Waals surface area contributed by atoms with E-state index in [0.717, 1.165) is 24.1 Å². The van der Waals surface area contributed by atoms with Crippen molar-refractivity contribution < 1.29 is 4.79 Å². The minimum absolute atomic E-state index is 0.0925. The lowest BCUT2D eigenvalue weighted by Crippen LogP contribution is -2.40. The van der Waals surface area contributed by atoms with Crippen molar-refractivity contribution in [2.75, 3.05) is 0 Å². The molecule has 1 heterocycles. The average Bonchev–Trinajstić information content (AvgIpc) is 2.54. The average molecular weight is 224 g/mol. The van der Waals surface area contributed by atoms with Crippen LogP contribution in [0.1, 0.15) is 31.0 Å². The van der Waals surface area contributed by atoms with Crippen LogP contribution in [0.25, 0.3) is 0 Å². The lowest BCUT2D eigenvalue weighted by Gasteiger charge is -2.10. The second-order valence-corrected chi connectivity index (χ2v) is 4.03. The monoisotopic (exact) mass is 224 g/mol. The highest BCUT2D eigenvalue weighted by Gasteiger charge is 2.12. The summed E-state index contributed by atoms with van der Waals surface area (Å²) in [6.07, 6.45) is 3.54. The van der Waals surface area contributed by atoms with E-state index in [1.165, 1.54) is 0 Å². The molecule has 90 valence electrons. The van der Waals surface area contributed by atoms with Crippen molar-refractivity contribution in [1.29, 1.82) is 0 Å². The van der Waals surface area contributed by atoms with Gasteiger partial charge in [-0.05, 0) is 13.3 Å². The number of amides is 1. The number of nitrogens with one attached hydrogen (secondary N) is 1. The normalized spacial score (nSPS) is 12.5. The van der Waals surface area contributed by atoms with Crippen LogP contribution in [0.15, 0.2) is 6.20 Å². The van der Waals surface area contributed by atoms with Gasteiger partial charge in [0, 0.05) is 25.4 Å². The second kappa shape index (κ2) is 5.65. The fraction of sp³-hybridized carbons (Fsp3) is 0.636. The molecule has 1 atom stereocenters. The van der Waals surface area contributed by atoms with Gasteiger partial charge in [-0.3, -0.25) is 9.48 Å². The Morgan fingerprint density at radius 2 is 2.38 bits per heavy atom. The summed E-state index contributed by atoms with van der Waals surface area (Å²) in [6.45, 7) is 4.43. The Bertz CT molecular complexity index is 359. The largest absolute Gasteiger partial charge is 0.351 e. The van der Waals surface area contributed by atoms with Crippen molar-refractivity contribution >= 4 is 5.91 Å². The van der Waals surface area contributed by atoms with Crippen molar-refractivity contribution in [2.45, 2.75) is 39.3 Å². The van der Waals surface area contributed by atoms with E-state index in [-0.39, 0.29) is 5.91 Å². The Balaban J connectivity index is 2.45. The number of aryl methyl sites for hydroxylation is 2. The molecule has 0 aromatic carbocycles. The third kappa shape index (κ3) is 3.34. The first-order valence-corrected chi connectivity index (χ1v) is 5.57. The highest BCUT2D eigenvalue weighted by Crippen LogP contribution is 2.04. The zero-order valence-electron chi connectivity index (χ0n) is 10.2. The van der Waals surface area contributed by atoms with Crippen molar-refractivity contribution in [3.63, 3.8) is 0 Å². The Morgan fingerprint density at radius 1 is 1.69 bits per heavy atom. The second-order valence-electron chi connectivity index (χ2n) is 4.03. The fourth-order valence-corrected chi connectivity index (χ4v) is 1.58. The van der Waals surface area contributed by atoms with Crippen LogP contribution in [0.4, 0.5) is 0 Å². The van der Waals surface area contributed by atoms with Crippen LogP contribution in [0.5, 0.6) is 0 Å². The number of nitrogens with two attached hydrogens (primary N) is 1. The summed E-state index contributed by atoms with van der Waals surface area (Å²) in [5, 5.41) is 7.02. The van der Waals surface area contributed by atoms with E-state index in [2.05, 4.69) is 10.4 Å². The van der Waals surface area contributed by atoms with Crippen molar-refractivity contribution in [1.82, 2.24) is 15.1 Å². The van der Waals surface area contributed by atoms with Crippen LogP contribution < -0.4 is 11.1 Å². The molecule has 1 amide bonds. The molecule has 5 nitrogen and oxygen atoms in total. The number of rotatable bonds is 5. The molecule has 1 rings (SSSR count). The molecule has 0 aliphatic rings. The van der Waals surface area contributed by atoms with Crippen LogP contribution >= 0.6 is 0 Å². The smallest absolute Gasteiger partial charge is 0.237 e. The van der Waals surface area contributed by atoms with E-state index in [9.17, 15) is 4.79 Å². The van der Waals surface area contributed by atoms with E-state index in [1.54, 1.807) is 4.68 Å². The predicted molar refractivity (Wildman–Crippen MR) is 62.7 cm³/mol. The molecule has 3 N–H and O–H groups in total. The molecule has 0 aliphatic heterocycles. The molecule has 0 aliphatic carbocycles. The minimum Gasteiger partial charge on any atom is -0.351 e. The van der Waals surface area contributed by atoms with Crippen LogP contribution in [0, 0.1) is 6.92 Å². The van der Waals surface area contributed by atoms with Crippen LogP contribution in [0.2, 0.25) is 0 Å². The third-order valence-electron chi connectivity index (χ3n) is 2.50. The van der Waals surface area contributed by atoms with Gasteiger partial charge >= 0.3 is 0 Å². The van der Waals surface area contributed by atoms with Gasteiger partial charge in [0.2, 0.25) is 5.91 Å². The number of nitrogens with zero attached hydrogens (tertiary/aromatic N) is 2. The minimum atomic E-state index is -0.401. The van der Waals surface area contributed by atoms with Gasteiger partial charge in [-0.15, -0.1) is 0 Å². The zero-order valence-corrected chi connectivity index (χ0v) is 10.2. The Hall–Kier alpha value is -1.36. The molecule has 1 aromatic rings. The van der Waals surface area contributed by atoms with Crippen LogP contribution in [-0.2, 0) is 18.4 Å². The quantitative estimate of drug-likeness (QED) is 0.763. The number of carbonyl (C=O) groups excluding carboxylic acids is 1. The maximum Gasteiger partial charge on any atom is 0.237 e. The Kier molecular flexibility index (Phi) is 4.49. The van der Waals surface area contributed by atoms with Crippen molar-refractivity contribution in [3.8, 4) is 0 Å². The molecular formula is C11H20N4O. The summed E-state index contributed by atoms with van der Waals surface area (Å²) in [5.74, 6) is -0.0925. The van der Waals surface area contributed by atoms with Crippen LogP contribution in [0.3, 0.4) is 0 Å². The van der Waals surface area contributed by atoms with Gasteiger partial charge in [-0.1, -0.05) is 13.3 Å². The molecule has 0 saturated heterocycles. The Labute approximate surface area is 96.0 Å². The third-order valence-corrected chi connectivity index (χ3v) is 2.50. The first kappa shape index (κ1) is 12.7. The number of aromatic nitrogens is 2. The molecule has 0 saturated carbocycles. The lowest BCUT2D eigenvalue weighted by molar-refractivity contribution is -0.122. The van der Waals surface area contributed by atoms with E-state index in [4.69, 9.17) is 5.73 Å². The summed E-state index contributed by atoms with van der Waals surface area (Å²) in [7, 11) is 1.86. The number of hydrogen-bond acceptors (Lipinski definition) is 3. The predicted octanol–water partition coefficient (Wildman–Crippen LogP) is 0.472. The number of hydrogen-bond donors (Lipinski definition) is 2. The molecule has 1 unspecified atom stereocenters. The highest BCUT2D eigenvalue weighted by molar-refractivity contribution is 5.81. The summed E-state index contributed by atoms with van der Waals surface area (Å²) in [6, 6.07) is -0.401. The van der Waals surface area contributed by atoms with E-state index < -0.39 is 6.04 Å². The Morgan fingerprint density at radius 3 is 2.88 bits per heavy atom. The fourth-order valence-electron chi connectivity index (χ4n) is 1.58. The van der Waals surface area contributed by atoms with Gasteiger partial charge in [0.25, 0.3) is 0 Å². The van der Waals surface area contributed by atoms with Gasteiger partial charge in [0.1, 0.15) is 0 Å². The van der Waals surface area contributed by atoms with Gasteiger partial charge in [-0.25, -0.2) is 0 Å². The van der Waals surface area contributed by atoms with Crippen molar-refractivity contribution in [2.24, 2.45) is 12.8 Å². The van der Waals surface area contributed by atoms with Gasteiger partial charge in [0.15, 0.2) is 0 Å². The van der Waals surface area contributed by atoms with E-state index in [0.29, 0.717) is 6.54 Å². The van der Waals surface area contributed by atoms with E-state index >= 15 is 0 Å². The first-order chi connectivity index (χ1) is 7.54.